The first-order chi connectivity index (χ1) is 14.6. The average Bonchev–Trinajstić information content (AvgIpc) is 3.24. The van der Waals surface area contributed by atoms with E-state index in [1.807, 2.05) is 36.4 Å². The summed E-state index contributed by atoms with van der Waals surface area (Å²) in [6.07, 6.45) is 3.48. The summed E-state index contributed by atoms with van der Waals surface area (Å²) in [7, 11) is 4.80. The molecule has 0 amide bonds. The molecule has 4 rings (SSSR count). The molecule has 0 fully saturated rings. The van der Waals surface area contributed by atoms with Gasteiger partial charge in [0.2, 0.25) is 0 Å². The summed E-state index contributed by atoms with van der Waals surface area (Å²) in [5, 5.41) is 0.669. The third-order valence-corrected chi connectivity index (χ3v) is 4.99. The van der Waals surface area contributed by atoms with Gasteiger partial charge in [0.25, 0.3) is 0 Å². The van der Waals surface area contributed by atoms with Crippen LogP contribution in [-0.2, 0) is 0 Å². The maximum Gasteiger partial charge on any atom is 0.146 e. The molecule has 0 atom stereocenters. The van der Waals surface area contributed by atoms with Crippen molar-refractivity contribution >= 4 is 11.6 Å². The molecular formula is C23H20ClN3O3. The van der Waals surface area contributed by atoms with Gasteiger partial charge in [0, 0.05) is 40.7 Å². The highest BCUT2D eigenvalue weighted by Crippen LogP contribution is 2.43. The molecule has 0 saturated heterocycles. The van der Waals surface area contributed by atoms with E-state index in [-0.39, 0.29) is 0 Å². The quantitative estimate of drug-likeness (QED) is 0.446. The maximum absolute atomic E-state index is 6.09. The molecule has 2 aromatic carbocycles. The van der Waals surface area contributed by atoms with E-state index in [0.29, 0.717) is 33.7 Å². The van der Waals surface area contributed by atoms with Gasteiger partial charge in [-0.25, -0.2) is 4.98 Å². The molecule has 2 aromatic heterocycles. The van der Waals surface area contributed by atoms with E-state index in [0.717, 1.165) is 22.5 Å². The summed E-state index contributed by atoms with van der Waals surface area (Å²) in [5.74, 6) is 2.42. The minimum atomic E-state index is 0.587. The fourth-order valence-corrected chi connectivity index (χ4v) is 3.40. The fourth-order valence-electron chi connectivity index (χ4n) is 3.27. The Morgan fingerprint density at radius 2 is 1.43 bits per heavy atom. The molecule has 0 saturated carbocycles. The van der Waals surface area contributed by atoms with Gasteiger partial charge in [0.1, 0.15) is 28.6 Å². The summed E-state index contributed by atoms with van der Waals surface area (Å²) in [6, 6.07) is 15.0. The molecule has 0 spiro atoms. The van der Waals surface area contributed by atoms with Gasteiger partial charge >= 0.3 is 0 Å². The number of aromatic amines is 1. The number of H-pyrrole nitrogens is 1. The topological polar surface area (TPSA) is 69.3 Å². The van der Waals surface area contributed by atoms with Crippen LogP contribution in [0.2, 0.25) is 5.02 Å². The number of nitrogens with zero attached hydrogens (tertiary/aromatic N) is 2. The van der Waals surface area contributed by atoms with Crippen molar-refractivity contribution in [2.75, 3.05) is 21.3 Å². The third-order valence-electron chi connectivity index (χ3n) is 4.74. The van der Waals surface area contributed by atoms with Gasteiger partial charge in [-0.2, -0.15) is 0 Å². The van der Waals surface area contributed by atoms with E-state index in [1.165, 1.54) is 0 Å². The van der Waals surface area contributed by atoms with Crippen LogP contribution in [0, 0.1) is 0 Å². The van der Waals surface area contributed by atoms with Gasteiger partial charge in [0.05, 0.1) is 32.7 Å². The van der Waals surface area contributed by atoms with Gasteiger partial charge < -0.3 is 19.2 Å². The lowest BCUT2D eigenvalue weighted by Crippen LogP contribution is -1.96. The first kappa shape index (κ1) is 19.8. The number of rotatable bonds is 6. The minimum absolute atomic E-state index is 0.587. The van der Waals surface area contributed by atoms with E-state index in [4.69, 9.17) is 30.8 Å². The van der Waals surface area contributed by atoms with E-state index in [1.54, 1.807) is 45.9 Å². The average molecular weight is 422 g/mol. The predicted octanol–water partition coefficient (Wildman–Crippen LogP) is 5.48. The SMILES string of the molecule is COc1cc(OC)c(-c2nc(-c3ccncc3)c(-c3ccc(Cl)cc3)[nH]2)c(OC)c1. The standard InChI is InChI=1S/C23H20ClN3O3/c1-28-17-12-18(29-2)20(19(13-17)30-3)23-26-21(14-4-6-16(24)7-5-14)22(27-23)15-8-10-25-11-9-15/h4-13H,1-3H3,(H,26,27). The zero-order chi connectivity index (χ0) is 21.1. The van der Waals surface area contributed by atoms with Crippen LogP contribution < -0.4 is 14.2 Å². The Kier molecular flexibility index (Phi) is 5.59. The largest absolute Gasteiger partial charge is 0.496 e. The first-order valence-electron chi connectivity index (χ1n) is 9.21. The number of methoxy groups -OCH3 is 3. The van der Waals surface area contributed by atoms with Crippen molar-refractivity contribution in [3.8, 4) is 51.2 Å². The minimum Gasteiger partial charge on any atom is -0.496 e. The molecule has 7 heteroatoms. The number of benzene rings is 2. The van der Waals surface area contributed by atoms with E-state index >= 15 is 0 Å². The number of hydrogen-bond donors (Lipinski definition) is 1. The lowest BCUT2D eigenvalue weighted by molar-refractivity contribution is 0.377. The Labute approximate surface area is 179 Å². The molecule has 4 aromatic rings. The van der Waals surface area contributed by atoms with E-state index in [2.05, 4.69) is 9.97 Å². The van der Waals surface area contributed by atoms with Crippen LogP contribution in [-0.4, -0.2) is 36.3 Å². The molecule has 0 bridgehead atoms. The van der Waals surface area contributed by atoms with Gasteiger partial charge in [0.15, 0.2) is 0 Å². The Morgan fingerprint density at radius 1 is 0.800 bits per heavy atom. The zero-order valence-electron chi connectivity index (χ0n) is 16.8. The number of ether oxygens (including phenoxy) is 3. The second kappa shape index (κ2) is 8.47. The van der Waals surface area contributed by atoms with Crippen molar-refractivity contribution in [3.05, 3.63) is 65.9 Å². The predicted molar refractivity (Wildman–Crippen MR) is 117 cm³/mol. The summed E-state index contributed by atoms with van der Waals surface area (Å²) < 4.78 is 16.6. The molecule has 152 valence electrons. The Morgan fingerprint density at radius 3 is 2.00 bits per heavy atom. The smallest absolute Gasteiger partial charge is 0.146 e. The van der Waals surface area contributed by atoms with Gasteiger partial charge in [-0.15, -0.1) is 0 Å². The Balaban J connectivity index is 1.96. The van der Waals surface area contributed by atoms with Gasteiger partial charge in [-0.05, 0) is 24.3 Å². The number of halogens is 1. The van der Waals surface area contributed by atoms with Crippen LogP contribution in [0.3, 0.4) is 0 Å². The first-order valence-corrected chi connectivity index (χ1v) is 9.59. The van der Waals surface area contributed by atoms with Crippen LogP contribution in [0.25, 0.3) is 33.9 Å². The van der Waals surface area contributed by atoms with Crippen LogP contribution in [0.1, 0.15) is 0 Å². The lowest BCUT2D eigenvalue weighted by atomic mass is 10.1. The lowest BCUT2D eigenvalue weighted by Gasteiger charge is -2.13. The Bertz CT molecular complexity index is 1130. The van der Waals surface area contributed by atoms with Crippen LogP contribution in [0.5, 0.6) is 17.2 Å². The second-order valence-electron chi connectivity index (χ2n) is 6.46. The third kappa shape index (κ3) is 3.69. The highest BCUT2D eigenvalue weighted by molar-refractivity contribution is 6.30. The summed E-state index contributed by atoms with van der Waals surface area (Å²) >= 11 is 6.09. The molecule has 0 aliphatic carbocycles. The number of nitrogens with one attached hydrogen (secondary N) is 1. The molecule has 1 N–H and O–H groups in total. The zero-order valence-corrected chi connectivity index (χ0v) is 17.5. The van der Waals surface area contributed by atoms with Gasteiger partial charge in [-0.1, -0.05) is 23.7 Å². The van der Waals surface area contributed by atoms with Gasteiger partial charge in [-0.3, -0.25) is 4.98 Å². The molecule has 0 radical (unpaired) electrons. The van der Waals surface area contributed by atoms with Crippen LogP contribution in [0.15, 0.2) is 60.9 Å². The highest BCUT2D eigenvalue weighted by Gasteiger charge is 2.22. The summed E-state index contributed by atoms with van der Waals surface area (Å²) in [6.45, 7) is 0. The molecule has 2 heterocycles. The fraction of sp³-hybridized carbons (Fsp3) is 0.130. The van der Waals surface area contributed by atoms with E-state index < -0.39 is 0 Å². The van der Waals surface area contributed by atoms with Crippen LogP contribution in [0.4, 0.5) is 0 Å². The number of pyridine rings is 1. The molecular weight excluding hydrogens is 402 g/mol. The number of hydrogen-bond acceptors (Lipinski definition) is 5. The van der Waals surface area contributed by atoms with E-state index in [9.17, 15) is 0 Å². The molecule has 0 aliphatic rings. The molecule has 6 nitrogen and oxygen atoms in total. The molecule has 30 heavy (non-hydrogen) atoms. The van der Waals surface area contributed by atoms with Crippen molar-refractivity contribution in [3.63, 3.8) is 0 Å². The van der Waals surface area contributed by atoms with Crippen LogP contribution >= 0.6 is 11.6 Å². The second-order valence-corrected chi connectivity index (χ2v) is 6.90. The summed E-state index contributed by atoms with van der Waals surface area (Å²) in [4.78, 5) is 12.5. The van der Waals surface area contributed by atoms with Crippen molar-refractivity contribution in [1.29, 1.82) is 0 Å². The maximum atomic E-state index is 6.09. The normalized spacial score (nSPS) is 10.7. The van der Waals surface area contributed by atoms with Crippen molar-refractivity contribution in [2.45, 2.75) is 0 Å². The summed E-state index contributed by atoms with van der Waals surface area (Å²) in [5.41, 5.74) is 4.24. The molecule has 0 unspecified atom stereocenters. The Hall–Kier alpha value is -3.51. The van der Waals surface area contributed by atoms with Crippen molar-refractivity contribution in [1.82, 2.24) is 15.0 Å². The highest BCUT2D eigenvalue weighted by atomic mass is 35.5. The number of aromatic nitrogens is 3. The number of imidazole rings is 1. The van der Waals surface area contributed by atoms with Crippen molar-refractivity contribution < 1.29 is 14.2 Å². The van der Waals surface area contributed by atoms with Crippen molar-refractivity contribution in [2.24, 2.45) is 0 Å². The molecule has 0 aliphatic heterocycles. The monoisotopic (exact) mass is 421 g/mol.